The van der Waals surface area contributed by atoms with E-state index >= 15 is 0 Å². The monoisotopic (exact) mass is 333 g/mol. The van der Waals surface area contributed by atoms with Crippen LogP contribution < -0.4 is 10.6 Å². The molecule has 5 nitrogen and oxygen atoms in total. The minimum atomic E-state index is -0.0930. The Labute approximate surface area is 145 Å². The van der Waals surface area contributed by atoms with Crippen LogP contribution in [0.25, 0.3) is 0 Å². The van der Waals surface area contributed by atoms with Gasteiger partial charge < -0.3 is 20.3 Å². The molecule has 0 unspecified atom stereocenters. The van der Waals surface area contributed by atoms with E-state index in [-0.39, 0.29) is 12.1 Å². The third kappa shape index (κ3) is 5.80. The van der Waals surface area contributed by atoms with E-state index in [2.05, 4.69) is 48.6 Å². The number of hydrogen-bond acceptors (Lipinski definition) is 3. The van der Waals surface area contributed by atoms with Gasteiger partial charge in [-0.3, -0.25) is 0 Å². The summed E-state index contributed by atoms with van der Waals surface area (Å²) in [7, 11) is 2.06. The van der Waals surface area contributed by atoms with Gasteiger partial charge in [-0.1, -0.05) is 30.3 Å². The number of urea groups is 1. The molecule has 1 aliphatic rings. The predicted octanol–water partition coefficient (Wildman–Crippen LogP) is 2.79. The van der Waals surface area contributed by atoms with Crippen LogP contribution in [0.15, 0.2) is 30.3 Å². The van der Waals surface area contributed by atoms with E-state index in [0.717, 1.165) is 26.0 Å². The Hall–Kier alpha value is -1.59. The van der Waals surface area contributed by atoms with E-state index in [0.29, 0.717) is 25.0 Å². The molecule has 0 radical (unpaired) electrons. The first kappa shape index (κ1) is 18.7. The Morgan fingerprint density at radius 3 is 2.75 bits per heavy atom. The van der Waals surface area contributed by atoms with Crippen molar-refractivity contribution in [2.45, 2.75) is 38.8 Å². The number of hydrogen-bond donors (Lipinski definition) is 2. The molecule has 1 aromatic carbocycles. The molecule has 0 spiro atoms. The average molecular weight is 333 g/mol. The number of likely N-dealkylation sites (N-methyl/N-ethyl adjacent to an activating group) is 1. The minimum absolute atomic E-state index is 0.0762. The molecule has 134 valence electrons. The number of rotatable bonds is 7. The summed E-state index contributed by atoms with van der Waals surface area (Å²) < 4.78 is 5.97. The van der Waals surface area contributed by atoms with Crippen molar-refractivity contribution in [2.24, 2.45) is 5.92 Å². The lowest BCUT2D eigenvalue weighted by Crippen LogP contribution is -2.43. The Morgan fingerprint density at radius 1 is 1.29 bits per heavy atom. The Bertz CT molecular complexity index is 493. The summed E-state index contributed by atoms with van der Waals surface area (Å²) in [5.74, 6) is 0.324. The standard InChI is InChI=1S/C19H31N3O2/c1-15(2)22(3)12-11-20-19(23)21-14-17-10-7-13-24-18(17)16-8-5-4-6-9-16/h4-6,8-9,15,17-18H,7,10-14H2,1-3H3,(H2,20,21,23)/t17-,18-/m1/s1. The van der Waals surface area contributed by atoms with Gasteiger partial charge in [-0.05, 0) is 39.3 Å². The molecule has 2 amide bonds. The average Bonchev–Trinajstić information content (AvgIpc) is 2.60. The van der Waals surface area contributed by atoms with Crippen LogP contribution in [0.2, 0.25) is 0 Å². The van der Waals surface area contributed by atoms with Crippen molar-refractivity contribution in [2.75, 3.05) is 33.3 Å². The predicted molar refractivity (Wildman–Crippen MR) is 97.0 cm³/mol. The van der Waals surface area contributed by atoms with E-state index < -0.39 is 0 Å². The second-order valence-electron chi connectivity index (χ2n) is 6.82. The first-order chi connectivity index (χ1) is 11.6. The lowest BCUT2D eigenvalue weighted by Gasteiger charge is -2.32. The molecule has 1 aromatic rings. The fraction of sp³-hybridized carbons (Fsp3) is 0.632. The normalized spacial score (nSPS) is 21.0. The van der Waals surface area contributed by atoms with Gasteiger partial charge in [0.15, 0.2) is 0 Å². The third-order valence-corrected chi connectivity index (χ3v) is 4.73. The summed E-state index contributed by atoms with van der Waals surface area (Å²) >= 11 is 0. The summed E-state index contributed by atoms with van der Waals surface area (Å²) in [6, 6.07) is 10.7. The van der Waals surface area contributed by atoms with Gasteiger partial charge in [-0.2, -0.15) is 0 Å². The quantitative estimate of drug-likeness (QED) is 0.807. The highest BCUT2D eigenvalue weighted by atomic mass is 16.5. The molecule has 0 aromatic heterocycles. The maximum absolute atomic E-state index is 12.0. The summed E-state index contributed by atoms with van der Waals surface area (Å²) in [4.78, 5) is 14.2. The summed E-state index contributed by atoms with van der Waals surface area (Å²) in [5.41, 5.74) is 1.20. The van der Waals surface area contributed by atoms with E-state index in [1.54, 1.807) is 0 Å². The summed E-state index contributed by atoms with van der Waals surface area (Å²) in [6.07, 6.45) is 2.21. The van der Waals surface area contributed by atoms with Crippen LogP contribution in [0, 0.1) is 5.92 Å². The van der Waals surface area contributed by atoms with Crippen LogP contribution >= 0.6 is 0 Å². The maximum atomic E-state index is 12.0. The molecule has 2 atom stereocenters. The van der Waals surface area contributed by atoms with Crippen molar-refractivity contribution in [1.82, 2.24) is 15.5 Å². The van der Waals surface area contributed by atoms with Crippen LogP contribution in [-0.2, 0) is 4.74 Å². The number of ether oxygens (including phenoxy) is 1. The molecule has 1 heterocycles. The molecule has 24 heavy (non-hydrogen) atoms. The van der Waals surface area contributed by atoms with E-state index in [9.17, 15) is 4.79 Å². The molecular weight excluding hydrogens is 302 g/mol. The van der Waals surface area contributed by atoms with Crippen molar-refractivity contribution < 1.29 is 9.53 Å². The second-order valence-corrected chi connectivity index (χ2v) is 6.82. The van der Waals surface area contributed by atoms with Crippen molar-refractivity contribution in [3.8, 4) is 0 Å². The summed E-state index contributed by atoms with van der Waals surface area (Å²) in [6.45, 7) is 7.24. The largest absolute Gasteiger partial charge is 0.373 e. The van der Waals surface area contributed by atoms with Crippen molar-refractivity contribution in [3.05, 3.63) is 35.9 Å². The van der Waals surface area contributed by atoms with Gasteiger partial charge in [-0.25, -0.2) is 4.79 Å². The van der Waals surface area contributed by atoms with Gasteiger partial charge in [0.25, 0.3) is 0 Å². The van der Waals surface area contributed by atoms with Gasteiger partial charge >= 0.3 is 6.03 Å². The molecule has 2 N–H and O–H groups in total. The Kier molecular flexibility index (Phi) is 7.53. The zero-order chi connectivity index (χ0) is 17.4. The van der Waals surface area contributed by atoms with Gasteiger partial charge in [0.1, 0.15) is 0 Å². The molecule has 1 saturated heterocycles. The smallest absolute Gasteiger partial charge is 0.314 e. The molecule has 1 fully saturated rings. The van der Waals surface area contributed by atoms with Gasteiger partial charge in [0.2, 0.25) is 0 Å². The van der Waals surface area contributed by atoms with Crippen LogP contribution in [0.3, 0.4) is 0 Å². The molecule has 1 aliphatic heterocycles. The Balaban J connectivity index is 1.76. The van der Waals surface area contributed by atoms with Crippen molar-refractivity contribution in [1.29, 1.82) is 0 Å². The number of carbonyl (C=O) groups is 1. The zero-order valence-electron chi connectivity index (χ0n) is 15.1. The molecule has 5 heteroatoms. The first-order valence-corrected chi connectivity index (χ1v) is 8.96. The SMILES string of the molecule is CC(C)N(C)CCNC(=O)NC[C@H]1CCCO[C@@H]1c1ccccc1. The number of amides is 2. The highest BCUT2D eigenvalue weighted by Crippen LogP contribution is 2.32. The van der Waals surface area contributed by atoms with Crippen LogP contribution in [0.1, 0.15) is 38.4 Å². The number of nitrogens with zero attached hydrogens (tertiary/aromatic N) is 1. The Morgan fingerprint density at radius 2 is 2.04 bits per heavy atom. The van der Waals surface area contributed by atoms with Gasteiger partial charge in [0, 0.05) is 38.2 Å². The van der Waals surface area contributed by atoms with Crippen LogP contribution in [0.5, 0.6) is 0 Å². The molecular formula is C19H31N3O2. The molecule has 0 saturated carbocycles. The van der Waals surface area contributed by atoms with E-state index in [1.807, 2.05) is 18.2 Å². The third-order valence-electron chi connectivity index (χ3n) is 4.73. The lowest BCUT2D eigenvalue weighted by atomic mass is 9.89. The number of benzene rings is 1. The second kappa shape index (κ2) is 9.64. The minimum Gasteiger partial charge on any atom is -0.373 e. The van der Waals surface area contributed by atoms with Gasteiger partial charge in [-0.15, -0.1) is 0 Å². The maximum Gasteiger partial charge on any atom is 0.314 e. The van der Waals surface area contributed by atoms with Crippen LogP contribution in [0.4, 0.5) is 4.79 Å². The topological polar surface area (TPSA) is 53.6 Å². The number of carbonyl (C=O) groups excluding carboxylic acids is 1. The van der Waals surface area contributed by atoms with Gasteiger partial charge in [0.05, 0.1) is 6.10 Å². The van der Waals surface area contributed by atoms with E-state index in [4.69, 9.17) is 4.74 Å². The van der Waals surface area contributed by atoms with Crippen molar-refractivity contribution >= 4 is 6.03 Å². The van der Waals surface area contributed by atoms with E-state index in [1.165, 1.54) is 5.56 Å². The van der Waals surface area contributed by atoms with Crippen LogP contribution in [-0.4, -0.2) is 50.3 Å². The fourth-order valence-corrected chi connectivity index (χ4v) is 2.95. The first-order valence-electron chi connectivity index (χ1n) is 8.96. The van der Waals surface area contributed by atoms with Crippen molar-refractivity contribution in [3.63, 3.8) is 0 Å². The fourth-order valence-electron chi connectivity index (χ4n) is 2.95. The summed E-state index contributed by atoms with van der Waals surface area (Å²) in [5, 5.41) is 5.94. The lowest BCUT2D eigenvalue weighted by molar-refractivity contribution is -0.0269. The highest BCUT2D eigenvalue weighted by Gasteiger charge is 2.27. The number of nitrogens with one attached hydrogen (secondary N) is 2. The zero-order valence-corrected chi connectivity index (χ0v) is 15.1. The molecule has 0 aliphatic carbocycles. The molecule has 2 rings (SSSR count). The molecule has 0 bridgehead atoms. The highest BCUT2D eigenvalue weighted by molar-refractivity contribution is 5.73.